The summed E-state index contributed by atoms with van der Waals surface area (Å²) in [4.78, 5) is 14.9. The molecule has 0 unspecified atom stereocenters. The first-order valence-electron chi connectivity index (χ1n) is 6.60. The average Bonchev–Trinajstić information content (AvgIpc) is 3.04. The van der Waals surface area contributed by atoms with Crippen LogP contribution in [0.5, 0.6) is 0 Å². The van der Waals surface area contributed by atoms with Gasteiger partial charge in [-0.15, -0.1) is 0 Å². The van der Waals surface area contributed by atoms with Crippen LogP contribution in [0.4, 0.5) is 0 Å². The van der Waals surface area contributed by atoms with Gasteiger partial charge in [0.15, 0.2) is 5.03 Å². The summed E-state index contributed by atoms with van der Waals surface area (Å²) in [5, 5.41) is 13.0. The van der Waals surface area contributed by atoms with Crippen molar-refractivity contribution in [3.63, 3.8) is 0 Å². The Hall–Kier alpha value is -2.20. The van der Waals surface area contributed by atoms with Gasteiger partial charge in [-0.1, -0.05) is 0 Å². The predicted molar refractivity (Wildman–Crippen MR) is 74.7 cm³/mol. The molecule has 2 aromatic rings. The number of fused-ring (bicyclic) bond motifs is 1. The van der Waals surface area contributed by atoms with Crippen molar-refractivity contribution in [2.75, 3.05) is 6.54 Å². The van der Waals surface area contributed by atoms with E-state index in [2.05, 4.69) is 10.1 Å². The van der Waals surface area contributed by atoms with E-state index in [4.69, 9.17) is 5.11 Å². The van der Waals surface area contributed by atoms with Crippen LogP contribution in [0.2, 0.25) is 0 Å². The van der Waals surface area contributed by atoms with Crippen molar-refractivity contribution in [3.8, 4) is 0 Å². The van der Waals surface area contributed by atoms with Crippen LogP contribution in [0.15, 0.2) is 17.3 Å². The maximum Gasteiger partial charge on any atom is 0.372 e. The molecular weight excluding hydrogens is 310 g/mol. The fraction of sp³-hybridized carbons (Fsp3) is 0.417. The molecular formula is C12H15N5O4S. The summed E-state index contributed by atoms with van der Waals surface area (Å²) in [6, 6.07) is 1.76. The molecule has 0 aliphatic carbocycles. The minimum atomic E-state index is -3.85. The molecule has 0 radical (unpaired) electrons. The normalized spacial score (nSPS) is 15.7. The van der Waals surface area contributed by atoms with Crippen LogP contribution in [-0.2, 0) is 30.2 Å². The Labute approximate surface area is 126 Å². The molecule has 0 amide bonds. The topological polar surface area (TPSA) is 110 Å². The number of hydrogen-bond donors (Lipinski definition) is 1. The zero-order valence-electron chi connectivity index (χ0n) is 12.1. The fourth-order valence-electron chi connectivity index (χ4n) is 2.48. The number of sulfonamides is 1. The molecule has 0 atom stereocenters. The van der Waals surface area contributed by atoms with Crippen molar-refractivity contribution >= 4 is 16.0 Å². The van der Waals surface area contributed by atoms with Gasteiger partial charge < -0.3 is 9.67 Å². The van der Waals surface area contributed by atoms with Crippen molar-refractivity contribution in [2.24, 2.45) is 7.05 Å². The van der Waals surface area contributed by atoms with Gasteiger partial charge in [0.05, 0.1) is 24.5 Å². The van der Waals surface area contributed by atoms with Crippen molar-refractivity contribution < 1.29 is 18.3 Å². The number of aromatic carboxylic acids is 1. The quantitative estimate of drug-likeness (QED) is 0.839. The molecule has 0 saturated heterocycles. The summed E-state index contributed by atoms with van der Waals surface area (Å²) in [6.07, 6.45) is 1.63. The molecule has 1 N–H and O–H groups in total. The molecule has 0 aromatic carbocycles. The average molecular weight is 325 g/mol. The van der Waals surface area contributed by atoms with Crippen LogP contribution in [-0.4, -0.2) is 49.7 Å². The monoisotopic (exact) mass is 325 g/mol. The number of nitrogens with zero attached hydrogens (tertiary/aromatic N) is 5. The van der Waals surface area contributed by atoms with E-state index in [1.165, 1.54) is 15.9 Å². The number of carboxylic acid groups (broad SMARTS) is 1. The van der Waals surface area contributed by atoms with E-state index < -0.39 is 16.0 Å². The van der Waals surface area contributed by atoms with Crippen LogP contribution in [0.3, 0.4) is 0 Å². The van der Waals surface area contributed by atoms with Crippen LogP contribution in [0, 0.1) is 6.92 Å². The third-order valence-electron chi connectivity index (χ3n) is 3.82. The highest BCUT2D eigenvalue weighted by Gasteiger charge is 2.34. The van der Waals surface area contributed by atoms with E-state index in [0.717, 1.165) is 5.69 Å². The van der Waals surface area contributed by atoms with Gasteiger partial charge in [-0.2, -0.15) is 9.40 Å². The van der Waals surface area contributed by atoms with E-state index in [1.807, 2.05) is 0 Å². The van der Waals surface area contributed by atoms with Gasteiger partial charge in [0.25, 0.3) is 10.0 Å². The lowest BCUT2D eigenvalue weighted by Gasteiger charge is -2.26. The van der Waals surface area contributed by atoms with Crippen LogP contribution >= 0.6 is 0 Å². The zero-order valence-corrected chi connectivity index (χ0v) is 12.9. The second kappa shape index (κ2) is 4.92. The van der Waals surface area contributed by atoms with Crippen LogP contribution in [0.25, 0.3) is 0 Å². The summed E-state index contributed by atoms with van der Waals surface area (Å²) >= 11 is 0. The number of carbonyl (C=O) groups is 1. The third-order valence-corrected chi connectivity index (χ3v) is 5.68. The predicted octanol–water partition coefficient (Wildman–Crippen LogP) is -0.172. The van der Waals surface area contributed by atoms with E-state index in [0.29, 0.717) is 12.2 Å². The smallest absolute Gasteiger partial charge is 0.372 e. The Balaban J connectivity index is 2.01. The molecule has 1 aliphatic rings. The molecule has 2 aromatic heterocycles. The molecule has 1 aliphatic heterocycles. The van der Waals surface area contributed by atoms with Gasteiger partial charge in [-0.05, 0) is 13.0 Å². The molecule has 0 saturated carbocycles. The Morgan fingerprint density at radius 3 is 2.73 bits per heavy atom. The SMILES string of the molecule is Cc1c(S(=O)(=O)N2CCn3nccc3C2)nc(C(=O)O)n1C. The Morgan fingerprint density at radius 1 is 1.36 bits per heavy atom. The summed E-state index contributed by atoms with van der Waals surface area (Å²) in [7, 11) is -2.37. The van der Waals surface area contributed by atoms with Gasteiger partial charge >= 0.3 is 5.97 Å². The number of imidazole rings is 1. The summed E-state index contributed by atoms with van der Waals surface area (Å²) in [5.74, 6) is -1.55. The van der Waals surface area contributed by atoms with Gasteiger partial charge in [0.2, 0.25) is 5.82 Å². The largest absolute Gasteiger partial charge is 0.475 e. The summed E-state index contributed by atoms with van der Waals surface area (Å²) in [5.41, 5.74) is 1.10. The van der Waals surface area contributed by atoms with Crippen molar-refractivity contribution in [1.29, 1.82) is 0 Å². The minimum Gasteiger partial charge on any atom is -0.475 e. The highest BCUT2D eigenvalue weighted by atomic mass is 32.2. The molecule has 118 valence electrons. The third kappa shape index (κ3) is 2.11. The first kappa shape index (κ1) is 14.7. The lowest BCUT2D eigenvalue weighted by Crippen LogP contribution is -2.38. The van der Waals surface area contributed by atoms with Crippen molar-refractivity contribution in [3.05, 3.63) is 29.5 Å². The Bertz CT molecular complexity index is 851. The van der Waals surface area contributed by atoms with Crippen LogP contribution in [0.1, 0.15) is 22.0 Å². The second-order valence-corrected chi connectivity index (χ2v) is 6.93. The number of aromatic nitrogens is 4. The molecule has 3 rings (SSSR count). The molecule has 10 heteroatoms. The number of hydrogen-bond acceptors (Lipinski definition) is 5. The standard InChI is InChI=1S/C12H15N5O4S/c1-8-11(14-10(12(18)19)15(8)2)22(20,21)16-5-6-17-9(7-16)3-4-13-17/h3-4H,5-7H2,1-2H3,(H,18,19). The highest BCUT2D eigenvalue weighted by molar-refractivity contribution is 7.89. The summed E-state index contributed by atoms with van der Waals surface area (Å²) in [6.45, 7) is 2.47. The maximum atomic E-state index is 12.8. The first-order chi connectivity index (χ1) is 10.3. The minimum absolute atomic E-state index is 0.195. The van der Waals surface area contributed by atoms with Crippen molar-refractivity contribution in [2.45, 2.75) is 25.0 Å². The van der Waals surface area contributed by atoms with Gasteiger partial charge in [0, 0.05) is 19.8 Å². The number of rotatable bonds is 3. The molecule has 0 bridgehead atoms. The molecule has 9 nitrogen and oxygen atoms in total. The second-order valence-electron chi connectivity index (χ2n) is 5.07. The zero-order chi connectivity index (χ0) is 16.1. The van der Waals surface area contributed by atoms with Crippen LogP contribution < -0.4 is 0 Å². The lowest BCUT2D eigenvalue weighted by molar-refractivity contribution is 0.0679. The van der Waals surface area contributed by atoms with Crippen molar-refractivity contribution in [1.82, 2.24) is 23.6 Å². The highest BCUT2D eigenvalue weighted by Crippen LogP contribution is 2.23. The summed E-state index contributed by atoms with van der Waals surface area (Å²) < 4.78 is 29.8. The maximum absolute atomic E-state index is 12.8. The van der Waals surface area contributed by atoms with E-state index >= 15 is 0 Å². The van der Waals surface area contributed by atoms with Gasteiger partial charge in [0.1, 0.15) is 0 Å². The Morgan fingerprint density at radius 2 is 2.09 bits per heavy atom. The van der Waals surface area contributed by atoms with E-state index in [9.17, 15) is 13.2 Å². The molecule has 0 fully saturated rings. The van der Waals surface area contributed by atoms with E-state index in [1.54, 1.807) is 23.9 Å². The molecule has 0 spiro atoms. The Kier molecular flexibility index (Phi) is 3.29. The van der Waals surface area contributed by atoms with E-state index in [-0.39, 0.29) is 23.9 Å². The number of carboxylic acids is 1. The van der Waals surface area contributed by atoms with Gasteiger partial charge in [-0.3, -0.25) is 4.68 Å². The first-order valence-corrected chi connectivity index (χ1v) is 8.04. The van der Waals surface area contributed by atoms with Gasteiger partial charge in [-0.25, -0.2) is 18.2 Å². The molecule has 22 heavy (non-hydrogen) atoms. The molecule has 3 heterocycles. The fourth-order valence-corrected chi connectivity index (χ4v) is 4.06. The lowest BCUT2D eigenvalue weighted by atomic mass is 10.3.